The van der Waals surface area contributed by atoms with Crippen molar-refractivity contribution in [2.75, 3.05) is 13.1 Å². The van der Waals surface area contributed by atoms with Gasteiger partial charge in [0.1, 0.15) is 11.3 Å². The lowest BCUT2D eigenvalue weighted by Crippen LogP contribution is -2.35. The molecule has 10 heteroatoms. The van der Waals surface area contributed by atoms with E-state index in [1.54, 1.807) is 13.8 Å². The zero-order valence-electron chi connectivity index (χ0n) is 25.0. The molecule has 2 aromatic rings. The molecule has 0 spiro atoms. The molecule has 0 bridgehead atoms. The van der Waals surface area contributed by atoms with Crippen LogP contribution in [-0.2, 0) is 21.2 Å². The van der Waals surface area contributed by atoms with Gasteiger partial charge in [-0.15, -0.1) is 0 Å². The van der Waals surface area contributed by atoms with Gasteiger partial charge in [0.2, 0.25) is 11.2 Å². The van der Waals surface area contributed by atoms with Crippen LogP contribution >= 0.6 is 11.6 Å². The topological polar surface area (TPSA) is 98.0 Å². The van der Waals surface area contributed by atoms with Crippen molar-refractivity contribution in [1.82, 2.24) is 24.4 Å². The van der Waals surface area contributed by atoms with Crippen LogP contribution in [-0.4, -0.2) is 57.1 Å². The minimum Gasteiger partial charge on any atom is -0.343 e. The van der Waals surface area contributed by atoms with Gasteiger partial charge in [0, 0.05) is 26.1 Å². The number of rotatable bonds is 18. The number of imidazole rings is 1. The highest BCUT2D eigenvalue weighted by Crippen LogP contribution is 2.26. The third kappa shape index (κ3) is 9.68. The van der Waals surface area contributed by atoms with Crippen LogP contribution in [0.15, 0.2) is 5.03 Å². The molecule has 1 fully saturated rings. The highest BCUT2D eigenvalue weighted by atomic mass is 35.5. The zero-order valence-corrected chi connectivity index (χ0v) is 26.5. The maximum absolute atomic E-state index is 12.9. The number of hydrogen-bond acceptors (Lipinski definition) is 6. The Labute approximate surface area is 246 Å². The van der Waals surface area contributed by atoms with E-state index in [0.717, 1.165) is 44.6 Å². The van der Waals surface area contributed by atoms with E-state index in [4.69, 9.17) is 11.6 Å². The molecule has 0 N–H and O–H groups in total. The van der Waals surface area contributed by atoms with Gasteiger partial charge in [-0.2, -0.15) is 4.98 Å². The lowest BCUT2D eigenvalue weighted by atomic mass is 10.0. The second-order valence-electron chi connectivity index (χ2n) is 11.7. The number of likely N-dealkylation sites (tertiary alicyclic amines) is 1. The lowest BCUT2D eigenvalue weighted by Gasteiger charge is -2.26. The van der Waals surface area contributed by atoms with E-state index >= 15 is 0 Å². The van der Waals surface area contributed by atoms with Crippen LogP contribution in [0.5, 0.6) is 0 Å². The van der Waals surface area contributed by atoms with Gasteiger partial charge in [-0.3, -0.25) is 4.79 Å². The summed E-state index contributed by atoms with van der Waals surface area (Å²) >= 11 is 6.02. The van der Waals surface area contributed by atoms with Crippen LogP contribution in [0, 0.1) is 6.92 Å². The number of halogens is 1. The summed E-state index contributed by atoms with van der Waals surface area (Å²) < 4.78 is 27.8. The summed E-state index contributed by atoms with van der Waals surface area (Å²) in [4.78, 5) is 27.0. The number of piperidine rings is 1. The predicted octanol–water partition coefficient (Wildman–Crippen LogP) is 7.44. The summed E-state index contributed by atoms with van der Waals surface area (Å²) in [6, 6.07) is 0. The Morgan fingerprint density at radius 2 is 1.32 bits per heavy atom. The molecular formula is C30H50ClN5O3S. The van der Waals surface area contributed by atoms with Gasteiger partial charge < -0.3 is 9.47 Å². The molecule has 0 atom stereocenters. The first kappa shape index (κ1) is 32.8. The number of unbranched alkanes of at least 4 members (excludes halogenated alkanes) is 12. The number of aryl methyl sites for hydroxylation is 2. The van der Waals surface area contributed by atoms with Crippen LogP contribution < -0.4 is 0 Å². The third-order valence-corrected chi connectivity index (χ3v) is 10.3. The maximum Gasteiger partial charge on any atom is 0.225 e. The van der Waals surface area contributed by atoms with Crippen LogP contribution in [0.3, 0.4) is 0 Å². The molecule has 1 saturated heterocycles. The Bertz CT molecular complexity index is 1180. The number of fused-ring (bicyclic) bond motifs is 1. The average Bonchev–Trinajstić information content (AvgIpc) is 3.24. The Kier molecular flexibility index (Phi) is 13.6. The van der Waals surface area contributed by atoms with Gasteiger partial charge in [0.25, 0.3) is 0 Å². The number of sulfone groups is 1. The molecule has 1 aliphatic heterocycles. The summed E-state index contributed by atoms with van der Waals surface area (Å²) in [7, 11) is -3.61. The molecule has 0 aliphatic carbocycles. The van der Waals surface area contributed by atoms with Gasteiger partial charge in [0.05, 0.1) is 5.25 Å². The number of carbonyl (C=O) groups excluding carboxylic acids is 1. The molecule has 3 heterocycles. The molecule has 8 nitrogen and oxygen atoms in total. The van der Waals surface area contributed by atoms with E-state index in [1.807, 2.05) is 11.5 Å². The van der Waals surface area contributed by atoms with E-state index in [1.165, 1.54) is 83.5 Å². The Morgan fingerprint density at radius 1 is 0.800 bits per heavy atom. The van der Waals surface area contributed by atoms with Crippen molar-refractivity contribution in [2.45, 2.75) is 147 Å². The highest BCUT2D eigenvalue weighted by molar-refractivity contribution is 7.92. The zero-order chi connectivity index (χ0) is 29.0. The standard InChI is InChI=1S/C30H50ClN5O3S/c1-24(2)40(38,39)29-27-28(33-30(31)34-29)32-25(3)36(27)23-19-14-12-10-8-6-4-5-7-9-11-13-16-20-26(37)35-21-17-15-18-22-35/h24H,4-23H2,1-3H3. The van der Waals surface area contributed by atoms with Crippen LogP contribution in [0.1, 0.15) is 129 Å². The largest absolute Gasteiger partial charge is 0.343 e. The molecule has 3 rings (SSSR count). The number of hydrogen-bond donors (Lipinski definition) is 0. The van der Waals surface area contributed by atoms with E-state index in [-0.39, 0.29) is 10.3 Å². The third-order valence-electron chi connectivity index (χ3n) is 8.11. The Balaban J connectivity index is 1.23. The molecule has 0 unspecified atom stereocenters. The average molecular weight is 596 g/mol. The first-order valence-corrected chi connectivity index (χ1v) is 17.6. The normalized spacial score (nSPS) is 14.5. The lowest BCUT2D eigenvalue weighted by molar-refractivity contribution is -0.132. The van der Waals surface area contributed by atoms with Crippen LogP contribution in [0.4, 0.5) is 0 Å². The fourth-order valence-corrected chi connectivity index (χ4v) is 6.92. The summed E-state index contributed by atoms with van der Waals surface area (Å²) in [5.41, 5.74) is 0.821. The molecule has 226 valence electrons. The minimum absolute atomic E-state index is 0.0129. The number of carbonyl (C=O) groups is 1. The van der Waals surface area contributed by atoms with Gasteiger partial charge in [-0.1, -0.05) is 70.6 Å². The SMILES string of the molecule is Cc1nc2nc(Cl)nc(S(=O)(=O)C(C)C)c2n1CCCCCCCCCCCCCCCC(=O)N1CCCCC1. The van der Waals surface area contributed by atoms with Gasteiger partial charge in [-0.05, 0) is 64.5 Å². The minimum atomic E-state index is -3.61. The van der Waals surface area contributed by atoms with Crippen LogP contribution in [0.25, 0.3) is 11.2 Å². The Morgan fingerprint density at radius 3 is 1.88 bits per heavy atom. The van der Waals surface area contributed by atoms with Crippen molar-refractivity contribution >= 4 is 38.5 Å². The smallest absolute Gasteiger partial charge is 0.225 e. The van der Waals surface area contributed by atoms with Gasteiger partial charge in [0.15, 0.2) is 20.5 Å². The van der Waals surface area contributed by atoms with Crippen molar-refractivity contribution in [2.24, 2.45) is 0 Å². The van der Waals surface area contributed by atoms with Crippen molar-refractivity contribution in [3.05, 3.63) is 11.1 Å². The van der Waals surface area contributed by atoms with E-state index in [2.05, 4.69) is 19.9 Å². The van der Waals surface area contributed by atoms with Crippen molar-refractivity contribution in [3.63, 3.8) is 0 Å². The first-order valence-electron chi connectivity index (χ1n) is 15.6. The Hall–Kier alpha value is -1.74. The molecule has 0 radical (unpaired) electrons. The summed E-state index contributed by atoms with van der Waals surface area (Å²) in [6.45, 7) is 7.81. The van der Waals surface area contributed by atoms with Crippen molar-refractivity contribution < 1.29 is 13.2 Å². The molecule has 1 aliphatic rings. The maximum atomic E-state index is 12.9. The van der Waals surface area contributed by atoms with E-state index in [9.17, 15) is 13.2 Å². The molecule has 1 amide bonds. The predicted molar refractivity (Wildman–Crippen MR) is 162 cm³/mol. The highest BCUT2D eigenvalue weighted by Gasteiger charge is 2.28. The van der Waals surface area contributed by atoms with Crippen molar-refractivity contribution in [3.8, 4) is 0 Å². The fraction of sp³-hybridized carbons (Fsp3) is 0.800. The number of aromatic nitrogens is 4. The van der Waals surface area contributed by atoms with Gasteiger partial charge in [-0.25, -0.2) is 18.4 Å². The monoisotopic (exact) mass is 595 g/mol. The van der Waals surface area contributed by atoms with E-state index in [0.29, 0.717) is 23.6 Å². The summed E-state index contributed by atoms with van der Waals surface area (Å²) in [6.07, 6.45) is 20.1. The first-order chi connectivity index (χ1) is 19.2. The van der Waals surface area contributed by atoms with Crippen molar-refractivity contribution in [1.29, 1.82) is 0 Å². The molecule has 40 heavy (non-hydrogen) atoms. The quantitative estimate of drug-likeness (QED) is 0.101. The molecule has 2 aromatic heterocycles. The van der Waals surface area contributed by atoms with E-state index < -0.39 is 15.1 Å². The fourth-order valence-electron chi connectivity index (χ4n) is 5.57. The molecular weight excluding hydrogens is 546 g/mol. The van der Waals surface area contributed by atoms with Gasteiger partial charge >= 0.3 is 0 Å². The number of nitrogens with zero attached hydrogens (tertiary/aromatic N) is 5. The summed E-state index contributed by atoms with van der Waals surface area (Å²) in [5.74, 6) is 1.11. The number of amides is 1. The second-order valence-corrected chi connectivity index (χ2v) is 14.4. The molecule has 0 saturated carbocycles. The second kappa shape index (κ2) is 16.6. The molecule has 0 aromatic carbocycles. The van der Waals surface area contributed by atoms with Crippen LogP contribution in [0.2, 0.25) is 5.28 Å². The summed E-state index contributed by atoms with van der Waals surface area (Å²) in [5, 5.41) is -0.704.